The van der Waals surface area contributed by atoms with Crippen molar-refractivity contribution in [2.45, 2.75) is 11.8 Å². The molecule has 0 radical (unpaired) electrons. The number of nitro groups is 1. The van der Waals surface area contributed by atoms with Crippen molar-refractivity contribution in [2.75, 3.05) is 6.54 Å². The van der Waals surface area contributed by atoms with E-state index in [2.05, 4.69) is 0 Å². The highest BCUT2D eigenvalue weighted by Crippen LogP contribution is 2.61. The fraction of sp³-hybridized carbons (Fsp3) is 0.125. The predicted octanol–water partition coefficient (Wildman–Crippen LogP) is 7.25. The molecule has 262 valence electrons. The van der Waals surface area contributed by atoms with Gasteiger partial charge < -0.3 is 4.74 Å². The van der Waals surface area contributed by atoms with Gasteiger partial charge in [-0.3, -0.25) is 29.3 Å². The number of carbonyl (C=O) groups excluding carboxylic acids is 5. The van der Waals surface area contributed by atoms with Crippen LogP contribution in [0.15, 0.2) is 115 Å². The van der Waals surface area contributed by atoms with Crippen LogP contribution in [0.3, 0.4) is 0 Å². The molecule has 2 bridgehead atoms. The minimum Gasteiger partial charge on any atom is -0.423 e. The zero-order valence-electron chi connectivity index (χ0n) is 27.3. The molecule has 3 amide bonds. The molecule has 5 aromatic rings. The lowest BCUT2D eigenvalue weighted by Gasteiger charge is -2.45. The minimum absolute atomic E-state index is 0.0727. The van der Waals surface area contributed by atoms with E-state index >= 15 is 0 Å². The van der Waals surface area contributed by atoms with Crippen LogP contribution in [0.2, 0.25) is 10.0 Å². The van der Waals surface area contributed by atoms with Gasteiger partial charge in [0, 0.05) is 40.1 Å². The lowest BCUT2D eigenvalue weighted by molar-refractivity contribution is -0.384. The van der Waals surface area contributed by atoms with Gasteiger partial charge in [0.2, 0.25) is 0 Å². The van der Waals surface area contributed by atoms with Crippen LogP contribution in [0.4, 0.5) is 5.69 Å². The summed E-state index contributed by atoms with van der Waals surface area (Å²) in [7, 11) is 0. The first-order chi connectivity index (χ1) is 25.5. The van der Waals surface area contributed by atoms with Crippen molar-refractivity contribution < 1.29 is 33.6 Å². The Hall–Kier alpha value is -6.17. The van der Waals surface area contributed by atoms with E-state index in [1.54, 1.807) is 0 Å². The number of hydrazine groups is 1. The van der Waals surface area contributed by atoms with Crippen LogP contribution in [0.5, 0.6) is 5.75 Å². The topological polar surface area (TPSA) is 144 Å². The molecule has 1 saturated heterocycles. The van der Waals surface area contributed by atoms with Gasteiger partial charge in [-0.05, 0) is 76.9 Å². The van der Waals surface area contributed by atoms with Gasteiger partial charge in [0.05, 0.1) is 27.3 Å². The molecule has 9 rings (SSSR count). The normalized spacial score (nSPS) is 19.2. The zero-order valence-corrected chi connectivity index (χ0v) is 28.9. The summed E-state index contributed by atoms with van der Waals surface area (Å²) in [5, 5.41) is 13.4. The zero-order chi connectivity index (χ0) is 37.1. The summed E-state index contributed by atoms with van der Waals surface area (Å²) in [4.78, 5) is 80.6. The number of hydrogen-bond acceptors (Lipinski definition) is 8. The maximum absolute atomic E-state index is 14.6. The summed E-state index contributed by atoms with van der Waals surface area (Å²) in [6.07, 6.45) is 0. The quantitative estimate of drug-likeness (QED) is 0.0403. The Labute approximate surface area is 311 Å². The Kier molecular flexibility index (Phi) is 8.39. The minimum atomic E-state index is -0.874. The highest BCUT2D eigenvalue weighted by molar-refractivity contribution is 6.36. The molecule has 1 heterocycles. The molecule has 2 atom stereocenters. The van der Waals surface area contributed by atoms with Crippen molar-refractivity contribution in [1.82, 2.24) is 10.0 Å². The van der Waals surface area contributed by atoms with Crippen LogP contribution in [0.1, 0.15) is 65.2 Å². The van der Waals surface area contributed by atoms with Crippen LogP contribution in [-0.4, -0.2) is 51.0 Å². The van der Waals surface area contributed by atoms with Gasteiger partial charge in [-0.2, -0.15) is 5.01 Å². The Morgan fingerprint density at radius 2 is 1.23 bits per heavy atom. The molecule has 53 heavy (non-hydrogen) atoms. The molecule has 0 spiro atoms. The van der Waals surface area contributed by atoms with Crippen LogP contribution >= 0.6 is 23.2 Å². The highest BCUT2D eigenvalue weighted by Gasteiger charge is 2.63. The first kappa shape index (κ1) is 33.9. The third-order valence-electron chi connectivity index (χ3n) is 10.1. The fourth-order valence-electron chi connectivity index (χ4n) is 7.76. The summed E-state index contributed by atoms with van der Waals surface area (Å²) >= 11 is 12.1. The monoisotopic (exact) mass is 745 g/mol. The summed E-state index contributed by atoms with van der Waals surface area (Å²) in [6.45, 7) is -0.721. The molecular formula is C40H25Cl2N3O8. The van der Waals surface area contributed by atoms with Crippen LogP contribution in [0.25, 0.3) is 0 Å². The number of amides is 3. The predicted molar refractivity (Wildman–Crippen MR) is 192 cm³/mol. The van der Waals surface area contributed by atoms with E-state index in [0.29, 0.717) is 5.02 Å². The lowest BCUT2D eigenvalue weighted by atomic mass is 9.55. The second-order valence-corrected chi connectivity index (χ2v) is 13.7. The lowest BCUT2D eigenvalue weighted by Crippen LogP contribution is -2.52. The average Bonchev–Trinajstić information content (AvgIpc) is 3.43. The molecule has 0 unspecified atom stereocenters. The maximum atomic E-state index is 14.6. The van der Waals surface area contributed by atoms with E-state index < -0.39 is 64.6 Å². The molecular weight excluding hydrogens is 721 g/mol. The van der Waals surface area contributed by atoms with E-state index in [0.717, 1.165) is 44.4 Å². The van der Waals surface area contributed by atoms with Gasteiger partial charge in [0.1, 0.15) is 12.3 Å². The number of imide groups is 1. The second-order valence-electron chi connectivity index (χ2n) is 12.9. The number of Topliss-reactive ketones (excluding diaryl/α,β-unsaturated/α-hetero) is 1. The van der Waals surface area contributed by atoms with E-state index in [1.807, 2.05) is 48.5 Å². The first-order valence-corrected chi connectivity index (χ1v) is 17.2. The summed E-state index contributed by atoms with van der Waals surface area (Å²) in [5.41, 5.74) is 3.57. The van der Waals surface area contributed by atoms with Crippen molar-refractivity contribution in [3.8, 4) is 5.75 Å². The summed E-state index contributed by atoms with van der Waals surface area (Å²) < 4.78 is 5.41. The number of non-ortho nitro benzene ring substituents is 1. The van der Waals surface area contributed by atoms with E-state index in [4.69, 9.17) is 27.9 Å². The summed E-state index contributed by atoms with van der Waals surface area (Å²) in [6, 6.07) is 29.9. The summed E-state index contributed by atoms with van der Waals surface area (Å²) in [5.74, 6) is -5.98. The number of nitrogens with zero attached hydrogens (tertiary/aromatic N) is 3. The van der Waals surface area contributed by atoms with Gasteiger partial charge in [0.25, 0.3) is 23.4 Å². The van der Waals surface area contributed by atoms with Crippen molar-refractivity contribution in [3.05, 3.63) is 174 Å². The maximum Gasteiger partial charge on any atom is 0.345 e. The van der Waals surface area contributed by atoms with Crippen LogP contribution in [0, 0.1) is 22.0 Å². The molecule has 0 aromatic heterocycles. The molecule has 1 fully saturated rings. The number of hydrogen-bond donors (Lipinski definition) is 0. The molecule has 4 aliphatic rings. The number of halogens is 2. The number of ether oxygens (including phenoxy) is 1. The molecule has 0 saturated carbocycles. The number of rotatable bonds is 8. The average molecular weight is 747 g/mol. The highest BCUT2D eigenvalue weighted by atomic mass is 35.5. The van der Waals surface area contributed by atoms with Crippen molar-refractivity contribution in [3.63, 3.8) is 0 Å². The smallest absolute Gasteiger partial charge is 0.345 e. The third kappa shape index (κ3) is 5.65. The standard InChI is InChI=1S/C40H25Cl2N3O8/c41-23-13-18-30(31(42)19-23)40(50)53-25-16-11-21(12-17-25)32(46)20-43(37(47)22-9-14-24(15-10-22)45(51)52)44-38(48)35-33-26-5-1-2-6-27(26)34(36(35)39(44)49)29-8-4-3-7-28(29)33/h1-19,33-36H,20H2/t33?,34?,35-,36-/m1/s1. The van der Waals surface area contributed by atoms with Gasteiger partial charge >= 0.3 is 5.97 Å². The van der Waals surface area contributed by atoms with Crippen molar-refractivity contribution in [2.24, 2.45) is 11.8 Å². The largest absolute Gasteiger partial charge is 0.423 e. The van der Waals surface area contributed by atoms with Crippen LogP contribution < -0.4 is 4.74 Å². The Morgan fingerprint density at radius 1 is 0.717 bits per heavy atom. The first-order valence-electron chi connectivity index (χ1n) is 16.5. The van der Waals surface area contributed by atoms with E-state index in [-0.39, 0.29) is 33.1 Å². The molecule has 1 aliphatic heterocycles. The van der Waals surface area contributed by atoms with Crippen LogP contribution in [-0.2, 0) is 9.59 Å². The van der Waals surface area contributed by atoms with Gasteiger partial charge in [-0.25, -0.2) is 9.80 Å². The molecule has 0 N–H and O–H groups in total. The van der Waals surface area contributed by atoms with Gasteiger partial charge in [0.15, 0.2) is 5.78 Å². The SMILES string of the molecule is O=C(CN(C(=O)c1ccc([N+](=O)[O-])cc1)N1C(=O)[C@@H]2C3c4ccccc4C(c4ccccc43)[C@H]2C1=O)c1ccc(OC(=O)c2ccc(Cl)cc2Cl)cc1. The number of nitro benzene ring substituents is 1. The number of esters is 1. The number of ketones is 1. The fourth-order valence-corrected chi connectivity index (χ4v) is 8.25. The molecule has 3 aliphatic carbocycles. The third-order valence-corrected chi connectivity index (χ3v) is 10.6. The van der Waals surface area contributed by atoms with E-state index in [9.17, 15) is 34.1 Å². The van der Waals surface area contributed by atoms with Gasteiger partial charge in [-0.1, -0.05) is 71.7 Å². The van der Waals surface area contributed by atoms with Gasteiger partial charge in [-0.15, -0.1) is 0 Å². The number of carbonyl (C=O) groups is 5. The molecule has 11 nitrogen and oxygen atoms in total. The number of benzene rings is 5. The second kappa shape index (κ2) is 13.1. The Balaban J connectivity index is 1.12. The van der Waals surface area contributed by atoms with Crippen molar-refractivity contribution in [1.29, 1.82) is 0 Å². The molecule has 5 aromatic carbocycles. The van der Waals surface area contributed by atoms with Crippen molar-refractivity contribution >= 4 is 58.4 Å². The van der Waals surface area contributed by atoms with E-state index in [1.165, 1.54) is 54.6 Å². The Bertz CT molecular complexity index is 2280. The Morgan fingerprint density at radius 3 is 1.72 bits per heavy atom. The molecule has 13 heteroatoms.